The lowest BCUT2D eigenvalue weighted by atomic mass is 10.2. The van der Waals surface area contributed by atoms with Crippen LogP contribution >= 0.6 is 11.6 Å². The molecule has 1 aliphatic rings. The van der Waals surface area contributed by atoms with Crippen molar-refractivity contribution in [2.75, 3.05) is 32.8 Å². The molecule has 0 aliphatic carbocycles. The first-order chi connectivity index (χ1) is 13.1. The van der Waals surface area contributed by atoms with Gasteiger partial charge >= 0.3 is 0 Å². The summed E-state index contributed by atoms with van der Waals surface area (Å²) in [6, 6.07) is 11.6. The molecule has 0 bridgehead atoms. The summed E-state index contributed by atoms with van der Waals surface area (Å²) in [5, 5.41) is 0.706. The number of rotatable bonds is 7. The molecule has 1 amide bonds. The number of aromatic nitrogens is 1. The summed E-state index contributed by atoms with van der Waals surface area (Å²) in [5.74, 6) is 1.04. The van der Waals surface area contributed by atoms with Crippen molar-refractivity contribution in [3.63, 3.8) is 0 Å². The third-order valence-corrected chi connectivity index (χ3v) is 5.00. The number of carbonyl (C=O) groups excluding carboxylic acids is 1. The normalized spacial score (nSPS) is 15.0. The summed E-state index contributed by atoms with van der Waals surface area (Å²) in [6.45, 7) is 6.69. The van der Waals surface area contributed by atoms with Crippen LogP contribution in [0, 0.1) is 6.92 Å². The van der Waals surface area contributed by atoms with Crippen LogP contribution in [-0.4, -0.2) is 53.5 Å². The lowest BCUT2D eigenvalue weighted by Crippen LogP contribution is -2.48. The number of aryl methyl sites for hydroxylation is 1. The molecule has 2 aromatic rings. The lowest BCUT2D eigenvalue weighted by Gasteiger charge is -2.34. The van der Waals surface area contributed by atoms with Crippen LogP contribution in [0.1, 0.15) is 24.1 Å². The number of benzene rings is 1. The topological polar surface area (TPSA) is 45.7 Å². The van der Waals surface area contributed by atoms with Crippen molar-refractivity contribution in [3.05, 3.63) is 58.9 Å². The summed E-state index contributed by atoms with van der Waals surface area (Å²) in [7, 11) is 0. The lowest BCUT2D eigenvalue weighted by molar-refractivity contribution is -0.133. The number of ether oxygens (including phenoxy) is 1. The molecule has 0 N–H and O–H groups in total. The maximum atomic E-state index is 12.4. The molecule has 1 aromatic heterocycles. The van der Waals surface area contributed by atoms with Crippen LogP contribution in [0.4, 0.5) is 0 Å². The van der Waals surface area contributed by atoms with Gasteiger partial charge in [-0.2, -0.15) is 0 Å². The van der Waals surface area contributed by atoms with E-state index in [4.69, 9.17) is 16.3 Å². The van der Waals surface area contributed by atoms with Crippen molar-refractivity contribution in [2.45, 2.75) is 26.3 Å². The minimum Gasteiger partial charge on any atom is -0.493 e. The summed E-state index contributed by atoms with van der Waals surface area (Å²) in [4.78, 5) is 21.1. The average Bonchev–Trinajstić information content (AvgIpc) is 2.68. The molecule has 0 saturated carbocycles. The maximum absolute atomic E-state index is 12.4. The van der Waals surface area contributed by atoms with Gasteiger partial charge in [0.15, 0.2) is 0 Å². The molecular formula is C21H26ClN3O2. The Labute approximate surface area is 165 Å². The predicted molar refractivity (Wildman–Crippen MR) is 107 cm³/mol. The van der Waals surface area contributed by atoms with E-state index >= 15 is 0 Å². The highest BCUT2D eigenvalue weighted by atomic mass is 35.5. The molecular weight excluding hydrogens is 362 g/mol. The summed E-state index contributed by atoms with van der Waals surface area (Å²) < 4.78 is 5.77. The summed E-state index contributed by atoms with van der Waals surface area (Å²) in [5.41, 5.74) is 2.09. The van der Waals surface area contributed by atoms with Gasteiger partial charge in [0, 0.05) is 50.4 Å². The molecule has 27 heavy (non-hydrogen) atoms. The van der Waals surface area contributed by atoms with Crippen LogP contribution in [0.3, 0.4) is 0 Å². The van der Waals surface area contributed by atoms with E-state index in [1.165, 1.54) is 0 Å². The number of hydrogen-bond acceptors (Lipinski definition) is 4. The fraction of sp³-hybridized carbons (Fsp3) is 0.429. The standard InChI is InChI=1S/C21H26ClN3O2/c1-17-15-18(22)7-8-20(17)27-14-4-6-21(26)25-12-10-24(11-13-25)16-19-5-2-3-9-23-19/h2-3,5,7-9,15H,4,6,10-14,16H2,1H3. The van der Waals surface area contributed by atoms with Crippen molar-refractivity contribution in [3.8, 4) is 5.75 Å². The second kappa shape index (κ2) is 9.72. The van der Waals surface area contributed by atoms with Gasteiger partial charge in [-0.05, 0) is 49.2 Å². The fourth-order valence-corrected chi connectivity index (χ4v) is 3.44. The van der Waals surface area contributed by atoms with Crippen LogP contribution in [0.25, 0.3) is 0 Å². The quantitative estimate of drug-likeness (QED) is 0.681. The molecule has 1 aliphatic heterocycles. The van der Waals surface area contributed by atoms with Gasteiger partial charge in [0.05, 0.1) is 12.3 Å². The van der Waals surface area contributed by atoms with Crippen molar-refractivity contribution < 1.29 is 9.53 Å². The fourth-order valence-electron chi connectivity index (χ4n) is 3.21. The van der Waals surface area contributed by atoms with E-state index in [0.29, 0.717) is 18.1 Å². The Morgan fingerprint density at radius 3 is 2.70 bits per heavy atom. The van der Waals surface area contributed by atoms with Gasteiger partial charge < -0.3 is 9.64 Å². The van der Waals surface area contributed by atoms with E-state index in [-0.39, 0.29) is 5.91 Å². The zero-order chi connectivity index (χ0) is 19.1. The summed E-state index contributed by atoms with van der Waals surface area (Å²) >= 11 is 5.95. The number of carbonyl (C=O) groups is 1. The molecule has 0 atom stereocenters. The zero-order valence-corrected chi connectivity index (χ0v) is 16.5. The average molecular weight is 388 g/mol. The third kappa shape index (κ3) is 5.94. The second-order valence-electron chi connectivity index (χ2n) is 6.84. The Kier molecular flexibility index (Phi) is 7.07. The third-order valence-electron chi connectivity index (χ3n) is 4.77. The molecule has 6 heteroatoms. The van der Waals surface area contributed by atoms with E-state index in [9.17, 15) is 4.79 Å². The maximum Gasteiger partial charge on any atom is 0.222 e. The molecule has 5 nitrogen and oxygen atoms in total. The molecule has 0 spiro atoms. The van der Waals surface area contributed by atoms with Gasteiger partial charge in [0.1, 0.15) is 5.75 Å². The van der Waals surface area contributed by atoms with Crippen molar-refractivity contribution >= 4 is 17.5 Å². The Morgan fingerprint density at radius 2 is 2.00 bits per heavy atom. The minimum atomic E-state index is 0.212. The van der Waals surface area contributed by atoms with E-state index < -0.39 is 0 Å². The first-order valence-electron chi connectivity index (χ1n) is 9.41. The Morgan fingerprint density at radius 1 is 1.19 bits per heavy atom. The van der Waals surface area contributed by atoms with Gasteiger partial charge in [-0.1, -0.05) is 17.7 Å². The SMILES string of the molecule is Cc1cc(Cl)ccc1OCCCC(=O)N1CCN(Cc2ccccn2)CC1. The van der Waals surface area contributed by atoms with E-state index in [0.717, 1.165) is 56.2 Å². The van der Waals surface area contributed by atoms with Crippen molar-refractivity contribution in [2.24, 2.45) is 0 Å². The van der Waals surface area contributed by atoms with E-state index in [1.54, 1.807) is 0 Å². The molecule has 0 radical (unpaired) electrons. The van der Waals surface area contributed by atoms with E-state index in [2.05, 4.69) is 9.88 Å². The van der Waals surface area contributed by atoms with Crippen LogP contribution < -0.4 is 4.74 Å². The van der Waals surface area contributed by atoms with Gasteiger partial charge in [-0.15, -0.1) is 0 Å². The Hall–Kier alpha value is -2.11. The van der Waals surface area contributed by atoms with Gasteiger partial charge in [0.2, 0.25) is 5.91 Å². The van der Waals surface area contributed by atoms with Crippen LogP contribution in [0.15, 0.2) is 42.6 Å². The Bertz CT molecular complexity index is 746. The first-order valence-corrected chi connectivity index (χ1v) is 9.78. The van der Waals surface area contributed by atoms with Crippen LogP contribution in [0.2, 0.25) is 5.02 Å². The number of piperazine rings is 1. The number of nitrogens with zero attached hydrogens (tertiary/aromatic N) is 3. The molecule has 1 fully saturated rings. The van der Waals surface area contributed by atoms with Crippen molar-refractivity contribution in [1.29, 1.82) is 0 Å². The monoisotopic (exact) mass is 387 g/mol. The van der Waals surface area contributed by atoms with Crippen LogP contribution in [0.5, 0.6) is 5.75 Å². The molecule has 3 rings (SSSR count). The molecule has 0 unspecified atom stereocenters. The molecule has 144 valence electrons. The molecule has 1 saturated heterocycles. The zero-order valence-electron chi connectivity index (χ0n) is 15.7. The number of halogens is 1. The van der Waals surface area contributed by atoms with E-state index in [1.807, 2.05) is 54.4 Å². The highest BCUT2D eigenvalue weighted by Gasteiger charge is 2.20. The van der Waals surface area contributed by atoms with Gasteiger partial charge in [-0.25, -0.2) is 0 Å². The summed E-state index contributed by atoms with van der Waals surface area (Å²) in [6.07, 6.45) is 3.06. The first kappa shape index (κ1) is 19.6. The minimum absolute atomic E-state index is 0.212. The van der Waals surface area contributed by atoms with Gasteiger partial charge in [0.25, 0.3) is 0 Å². The predicted octanol–water partition coefficient (Wildman–Crippen LogP) is 3.55. The molecule has 2 heterocycles. The highest BCUT2D eigenvalue weighted by Crippen LogP contribution is 2.22. The number of amides is 1. The second-order valence-corrected chi connectivity index (χ2v) is 7.28. The number of pyridine rings is 1. The Balaban J connectivity index is 1.34. The molecule has 1 aromatic carbocycles. The highest BCUT2D eigenvalue weighted by molar-refractivity contribution is 6.30. The van der Waals surface area contributed by atoms with Crippen LogP contribution in [-0.2, 0) is 11.3 Å². The van der Waals surface area contributed by atoms with Gasteiger partial charge in [-0.3, -0.25) is 14.7 Å². The number of hydrogen-bond donors (Lipinski definition) is 0. The largest absolute Gasteiger partial charge is 0.493 e. The smallest absolute Gasteiger partial charge is 0.222 e. The van der Waals surface area contributed by atoms with Crippen molar-refractivity contribution in [1.82, 2.24) is 14.8 Å².